The number of nitrogens with zero attached hydrogens (tertiary/aromatic N) is 3. The maximum Gasteiger partial charge on any atom is 0.242 e. The predicted molar refractivity (Wildman–Crippen MR) is 92.8 cm³/mol. The largest absolute Gasteiger partial charge is 0.345 e. The van der Waals surface area contributed by atoms with Crippen molar-refractivity contribution in [3.63, 3.8) is 0 Å². The van der Waals surface area contributed by atoms with E-state index in [-0.39, 0.29) is 36.8 Å². The number of rotatable bonds is 4. The smallest absolute Gasteiger partial charge is 0.242 e. The minimum absolute atomic E-state index is 0. The van der Waals surface area contributed by atoms with E-state index in [1.165, 1.54) is 0 Å². The lowest BCUT2D eigenvalue weighted by molar-refractivity contribution is -0.123. The van der Waals surface area contributed by atoms with Crippen LogP contribution >= 0.6 is 24.8 Å². The Morgan fingerprint density at radius 1 is 1.26 bits per heavy atom. The highest BCUT2D eigenvalue weighted by Crippen LogP contribution is 2.19. The van der Waals surface area contributed by atoms with Gasteiger partial charge in [-0.15, -0.1) is 35.0 Å². The molecular weight excluding hydrogens is 337 g/mol. The molecule has 1 aromatic carbocycles. The normalized spacial score (nSPS) is 14.9. The minimum Gasteiger partial charge on any atom is -0.345 e. The molecule has 0 bridgehead atoms. The van der Waals surface area contributed by atoms with E-state index in [4.69, 9.17) is 5.73 Å². The zero-order valence-electron chi connectivity index (χ0n) is 12.8. The van der Waals surface area contributed by atoms with Gasteiger partial charge in [-0.25, -0.2) is 0 Å². The third kappa shape index (κ3) is 4.02. The second kappa shape index (κ2) is 8.29. The molecule has 23 heavy (non-hydrogen) atoms. The fourth-order valence-electron chi connectivity index (χ4n) is 2.67. The summed E-state index contributed by atoms with van der Waals surface area (Å²) in [7, 11) is 0. The van der Waals surface area contributed by atoms with Gasteiger partial charge in [-0.1, -0.05) is 30.3 Å². The zero-order valence-corrected chi connectivity index (χ0v) is 14.4. The van der Waals surface area contributed by atoms with Gasteiger partial charge in [0.05, 0.1) is 6.04 Å². The topological polar surface area (TPSA) is 85.8 Å². The van der Waals surface area contributed by atoms with Gasteiger partial charge < -0.3 is 15.6 Å². The van der Waals surface area contributed by atoms with Crippen LogP contribution in [-0.2, 0) is 17.8 Å². The van der Waals surface area contributed by atoms with Crippen molar-refractivity contribution in [3.8, 4) is 0 Å². The molecule has 3 rings (SSSR count). The molecule has 0 spiro atoms. The lowest BCUT2D eigenvalue weighted by Crippen LogP contribution is -2.36. The lowest BCUT2D eigenvalue weighted by Gasteiger charge is -2.17. The highest BCUT2D eigenvalue weighted by Gasteiger charge is 2.24. The fraction of sp³-hybridized carbons (Fsp3) is 0.400. The van der Waals surface area contributed by atoms with Crippen molar-refractivity contribution in [1.82, 2.24) is 20.1 Å². The number of nitrogens with two attached hydrogens (primary N) is 1. The molecular formula is C15H21Cl2N5O. The van der Waals surface area contributed by atoms with E-state index in [0.717, 1.165) is 36.6 Å². The van der Waals surface area contributed by atoms with Gasteiger partial charge in [0, 0.05) is 13.0 Å². The Morgan fingerprint density at radius 2 is 1.96 bits per heavy atom. The van der Waals surface area contributed by atoms with Crippen molar-refractivity contribution in [2.75, 3.05) is 0 Å². The molecule has 126 valence electrons. The summed E-state index contributed by atoms with van der Waals surface area (Å²) in [6.45, 7) is 2.83. The van der Waals surface area contributed by atoms with Crippen molar-refractivity contribution in [3.05, 3.63) is 47.5 Å². The molecule has 0 radical (unpaired) electrons. The van der Waals surface area contributed by atoms with Gasteiger partial charge in [-0.05, 0) is 18.9 Å². The molecule has 1 aliphatic heterocycles. The first-order valence-corrected chi connectivity index (χ1v) is 7.19. The Morgan fingerprint density at radius 3 is 2.65 bits per heavy atom. The van der Waals surface area contributed by atoms with E-state index in [1.54, 1.807) is 0 Å². The molecule has 6 nitrogen and oxygen atoms in total. The molecule has 0 saturated carbocycles. The molecule has 0 aliphatic carbocycles. The Labute approximate surface area is 147 Å². The molecule has 8 heteroatoms. The second-order valence-electron chi connectivity index (χ2n) is 5.35. The van der Waals surface area contributed by atoms with Crippen molar-refractivity contribution < 1.29 is 4.79 Å². The van der Waals surface area contributed by atoms with Gasteiger partial charge in [0.15, 0.2) is 5.82 Å². The Bertz CT molecular complexity index is 647. The standard InChI is InChI=1S/C15H19N5O.2ClH/c1-10(14-19-18-12-8-5-9-20(12)14)17-15(21)13(16)11-6-3-2-4-7-11;;/h2-4,6-7,10,13H,5,8-9,16H2,1H3,(H,17,21);2*1H. The predicted octanol–water partition coefficient (Wildman–Crippen LogP) is 1.95. The molecule has 1 aromatic heterocycles. The van der Waals surface area contributed by atoms with Crippen LogP contribution in [0.5, 0.6) is 0 Å². The van der Waals surface area contributed by atoms with Crippen LogP contribution in [0.3, 0.4) is 0 Å². The maximum atomic E-state index is 12.3. The number of hydrogen-bond acceptors (Lipinski definition) is 4. The van der Waals surface area contributed by atoms with Crippen LogP contribution in [0.2, 0.25) is 0 Å². The number of hydrogen-bond donors (Lipinski definition) is 2. The van der Waals surface area contributed by atoms with E-state index in [0.29, 0.717) is 0 Å². The molecule has 0 fully saturated rings. The molecule has 2 aromatic rings. The fourth-order valence-corrected chi connectivity index (χ4v) is 2.67. The monoisotopic (exact) mass is 357 g/mol. The van der Waals surface area contributed by atoms with Gasteiger partial charge in [0.2, 0.25) is 5.91 Å². The second-order valence-corrected chi connectivity index (χ2v) is 5.35. The summed E-state index contributed by atoms with van der Waals surface area (Å²) in [5.74, 6) is 1.60. The van der Waals surface area contributed by atoms with Gasteiger partial charge >= 0.3 is 0 Å². The first-order chi connectivity index (χ1) is 10.2. The third-order valence-electron chi connectivity index (χ3n) is 3.83. The summed E-state index contributed by atoms with van der Waals surface area (Å²) in [6.07, 6.45) is 2.04. The average molecular weight is 358 g/mol. The minimum atomic E-state index is -0.672. The van der Waals surface area contributed by atoms with E-state index in [2.05, 4.69) is 20.1 Å². The van der Waals surface area contributed by atoms with Gasteiger partial charge in [0.1, 0.15) is 11.9 Å². The maximum absolute atomic E-state index is 12.3. The summed E-state index contributed by atoms with van der Waals surface area (Å²) in [4.78, 5) is 12.3. The Hall–Kier alpha value is -1.63. The third-order valence-corrected chi connectivity index (χ3v) is 3.83. The first kappa shape index (κ1) is 19.4. The number of nitrogens with one attached hydrogen (secondary N) is 1. The van der Waals surface area contributed by atoms with Crippen molar-refractivity contribution >= 4 is 30.7 Å². The van der Waals surface area contributed by atoms with Crippen LogP contribution in [0.15, 0.2) is 30.3 Å². The molecule has 1 amide bonds. The first-order valence-electron chi connectivity index (χ1n) is 7.19. The van der Waals surface area contributed by atoms with E-state index in [9.17, 15) is 4.79 Å². The number of carbonyl (C=O) groups excluding carboxylic acids is 1. The highest BCUT2D eigenvalue weighted by molar-refractivity contribution is 5.85. The number of benzene rings is 1. The molecule has 1 aliphatic rings. The molecule has 0 saturated heterocycles. The summed E-state index contributed by atoms with van der Waals surface area (Å²) < 4.78 is 2.08. The van der Waals surface area contributed by atoms with Gasteiger partial charge in [-0.2, -0.15) is 0 Å². The SMILES string of the molecule is CC(NC(=O)C(N)c1ccccc1)c1nnc2n1CCC2.Cl.Cl. The summed E-state index contributed by atoms with van der Waals surface area (Å²) in [6, 6.07) is 8.47. The molecule has 3 N–H and O–H groups in total. The van der Waals surface area contributed by atoms with Crippen LogP contribution < -0.4 is 11.1 Å². The molecule has 2 heterocycles. The van der Waals surface area contributed by atoms with Crippen LogP contribution in [0.4, 0.5) is 0 Å². The zero-order chi connectivity index (χ0) is 14.8. The Balaban J connectivity index is 0.00000132. The highest BCUT2D eigenvalue weighted by atomic mass is 35.5. The van der Waals surface area contributed by atoms with Crippen LogP contribution in [0.1, 0.15) is 42.6 Å². The van der Waals surface area contributed by atoms with Gasteiger partial charge in [-0.3, -0.25) is 4.79 Å². The molecule has 2 atom stereocenters. The van der Waals surface area contributed by atoms with Crippen LogP contribution in [-0.4, -0.2) is 20.7 Å². The summed E-state index contributed by atoms with van der Waals surface area (Å²) in [5.41, 5.74) is 6.80. The number of halogens is 2. The summed E-state index contributed by atoms with van der Waals surface area (Å²) >= 11 is 0. The van der Waals surface area contributed by atoms with E-state index in [1.807, 2.05) is 37.3 Å². The molecule has 2 unspecified atom stereocenters. The van der Waals surface area contributed by atoms with Crippen molar-refractivity contribution in [2.45, 2.75) is 38.4 Å². The average Bonchev–Trinajstić information content (AvgIpc) is 3.09. The van der Waals surface area contributed by atoms with Crippen LogP contribution in [0, 0.1) is 0 Å². The van der Waals surface area contributed by atoms with E-state index < -0.39 is 6.04 Å². The van der Waals surface area contributed by atoms with Gasteiger partial charge in [0.25, 0.3) is 0 Å². The number of aromatic nitrogens is 3. The van der Waals surface area contributed by atoms with Crippen molar-refractivity contribution in [2.24, 2.45) is 5.73 Å². The van der Waals surface area contributed by atoms with Crippen LogP contribution in [0.25, 0.3) is 0 Å². The Kier molecular flexibility index (Phi) is 7.00. The van der Waals surface area contributed by atoms with E-state index >= 15 is 0 Å². The number of carbonyl (C=O) groups is 1. The number of amides is 1. The quantitative estimate of drug-likeness (QED) is 0.875. The number of aryl methyl sites for hydroxylation is 1. The lowest BCUT2D eigenvalue weighted by atomic mass is 10.1. The number of fused-ring (bicyclic) bond motifs is 1. The van der Waals surface area contributed by atoms with Crippen molar-refractivity contribution in [1.29, 1.82) is 0 Å². The summed E-state index contributed by atoms with van der Waals surface area (Å²) in [5, 5.41) is 11.3.